The lowest BCUT2D eigenvalue weighted by atomic mass is 10.1. The summed E-state index contributed by atoms with van der Waals surface area (Å²) < 4.78 is 0. The Morgan fingerprint density at radius 1 is 1.27 bits per heavy atom. The van der Waals surface area contributed by atoms with Crippen LogP contribution in [0, 0.1) is 18.3 Å². The van der Waals surface area contributed by atoms with E-state index < -0.39 is 0 Å². The Kier molecular flexibility index (Phi) is 2.47. The lowest BCUT2D eigenvalue weighted by Gasteiger charge is -2.03. The van der Waals surface area contributed by atoms with Crippen molar-refractivity contribution in [3.05, 3.63) is 33.7 Å². The molecule has 0 N–H and O–H groups in total. The molecule has 2 aromatic heterocycles. The van der Waals surface area contributed by atoms with Gasteiger partial charge in [0, 0.05) is 5.39 Å². The highest BCUT2D eigenvalue weighted by molar-refractivity contribution is 6.36. The number of nitriles is 1. The number of fused-ring (bicyclic) bond motifs is 1. The van der Waals surface area contributed by atoms with Gasteiger partial charge in [-0.25, -0.2) is 9.97 Å². The lowest BCUT2D eigenvalue weighted by Crippen LogP contribution is -1.91. The third kappa shape index (κ3) is 1.74. The van der Waals surface area contributed by atoms with Crippen LogP contribution < -0.4 is 0 Å². The summed E-state index contributed by atoms with van der Waals surface area (Å²) in [6, 6.07) is 5.35. The van der Waals surface area contributed by atoms with Crippen molar-refractivity contribution in [2.24, 2.45) is 0 Å². The molecule has 0 saturated carbocycles. The molecule has 3 nitrogen and oxygen atoms in total. The van der Waals surface area contributed by atoms with Crippen LogP contribution in [-0.4, -0.2) is 9.97 Å². The number of aryl methyl sites for hydroxylation is 1. The molecule has 0 amide bonds. The Bertz CT molecular complexity index is 587. The van der Waals surface area contributed by atoms with Crippen LogP contribution in [0.4, 0.5) is 0 Å². The molecule has 0 fully saturated rings. The van der Waals surface area contributed by atoms with Gasteiger partial charge in [0.25, 0.3) is 0 Å². The van der Waals surface area contributed by atoms with Crippen molar-refractivity contribution < 1.29 is 0 Å². The zero-order valence-electron chi connectivity index (χ0n) is 7.75. The smallest absolute Gasteiger partial charge is 0.157 e. The van der Waals surface area contributed by atoms with Crippen LogP contribution in [0.1, 0.15) is 11.3 Å². The van der Waals surface area contributed by atoms with Crippen LogP contribution in [0.25, 0.3) is 10.9 Å². The van der Waals surface area contributed by atoms with Gasteiger partial charge >= 0.3 is 0 Å². The molecule has 0 radical (unpaired) electrons. The first-order valence-electron chi connectivity index (χ1n) is 4.15. The molecule has 2 aromatic rings. The number of halogens is 2. The lowest BCUT2D eigenvalue weighted by molar-refractivity contribution is 1.26. The second-order valence-electron chi connectivity index (χ2n) is 3.07. The first kappa shape index (κ1) is 10.2. The highest BCUT2D eigenvalue weighted by atomic mass is 35.5. The fourth-order valence-corrected chi connectivity index (χ4v) is 1.85. The van der Waals surface area contributed by atoms with Crippen molar-refractivity contribution in [2.75, 3.05) is 0 Å². The molecule has 2 heterocycles. The van der Waals surface area contributed by atoms with Crippen molar-refractivity contribution in [2.45, 2.75) is 6.92 Å². The minimum atomic E-state index is 0.220. The highest BCUT2D eigenvalue weighted by Crippen LogP contribution is 2.25. The second kappa shape index (κ2) is 3.65. The number of pyridine rings is 2. The van der Waals surface area contributed by atoms with E-state index in [2.05, 4.69) is 9.97 Å². The Labute approximate surface area is 96.3 Å². The van der Waals surface area contributed by atoms with Crippen molar-refractivity contribution in [3.63, 3.8) is 0 Å². The molecule has 0 unspecified atom stereocenters. The van der Waals surface area contributed by atoms with Crippen LogP contribution in [0.15, 0.2) is 12.1 Å². The molecule has 0 aromatic carbocycles. The van der Waals surface area contributed by atoms with E-state index in [1.54, 1.807) is 12.1 Å². The third-order valence-corrected chi connectivity index (χ3v) is 2.50. The second-order valence-corrected chi connectivity index (χ2v) is 3.81. The van der Waals surface area contributed by atoms with Crippen LogP contribution in [-0.2, 0) is 0 Å². The van der Waals surface area contributed by atoms with E-state index in [1.165, 1.54) is 0 Å². The number of rotatable bonds is 0. The van der Waals surface area contributed by atoms with Crippen molar-refractivity contribution in [1.29, 1.82) is 5.26 Å². The molecule has 0 saturated heterocycles. The molecule has 0 spiro atoms. The Hall–Kier alpha value is -1.37. The molecular weight excluding hydrogens is 233 g/mol. The zero-order valence-corrected chi connectivity index (χ0v) is 9.26. The first-order valence-corrected chi connectivity index (χ1v) is 4.91. The molecule has 74 valence electrons. The number of hydrogen-bond acceptors (Lipinski definition) is 3. The van der Waals surface area contributed by atoms with Gasteiger partial charge in [-0.3, -0.25) is 0 Å². The quantitative estimate of drug-likeness (QED) is 0.662. The van der Waals surface area contributed by atoms with Gasteiger partial charge in [0.05, 0.1) is 0 Å². The summed E-state index contributed by atoms with van der Waals surface area (Å²) in [5.74, 6) is 0. The van der Waals surface area contributed by atoms with Crippen LogP contribution in [0.2, 0.25) is 10.3 Å². The fraction of sp³-hybridized carbons (Fsp3) is 0.100. The molecule has 5 heteroatoms. The van der Waals surface area contributed by atoms with Crippen LogP contribution in [0.3, 0.4) is 0 Å². The summed E-state index contributed by atoms with van der Waals surface area (Å²) in [5.41, 5.74) is 1.74. The van der Waals surface area contributed by atoms with Crippen molar-refractivity contribution in [3.8, 4) is 6.07 Å². The zero-order chi connectivity index (χ0) is 11.0. The predicted octanol–water partition coefficient (Wildman–Crippen LogP) is 3.12. The van der Waals surface area contributed by atoms with Gasteiger partial charge in [-0.05, 0) is 24.6 Å². The number of nitrogens with zero attached hydrogens (tertiary/aromatic N) is 3. The molecule has 0 aliphatic carbocycles. The van der Waals surface area contributed by atoms with E-state index in [0.29, 0.717) is 16.4 Å². The first-order chi connectivity index (χ1) is 7.11. The maximum Gasteiger partial charge on any atom is 0.157 e. The van der Waals surface area contributed by atoms with Gasteiger partial charge in [-0.15, -0.1) is 0 Å². The Balaban J connectivity index is 2.93. The average Bonchev–Trinajstić information content (AvgIpc) is 2.19. The van der Waals surface area contributed by atoms with E-state index in [0.717, 1.165) is 10.9 Å². The van der Waals surface area contributed by atoms with E-state index >= 15 is 0 Å². The Morgan fingerprint density at radius 2 is 2.00 bits per heavy atom. The van der Waals surface area contributed by atoms with Gasteiger partial charge in [-0.1, -0.05) is 23.2 Å². The van der Waals surface area contributed by atoms with Gasteiger partial charge in [0.1, 0.15) is 22.4 Å². The fourth-order valence-electron chi connectivity index (χ4n) is 1.38. The van der Waals surface area contributed by atoms with Gasteiger partial charge in [-0.2, -0.15) is 5.26 Å². The van der Waals surface area contributed by atoms with Crippen molar-refractivity contribution in [1.82, 2.24) is 9.97 Å². The summed E-state index contributed by atoms with van der Waals surface area (Å²) >= 11 is 11.7. The monoisotopic (exact) mass is 237 g/mol. The Morgan fingerprint density at radius 3 is 2.67 bits per heavy atom. The normalized spacial score (nSPS) is 10.3. The molecular formula is C10H5Cl2N3. The summed E-state index contributed by atoms with van der Waals surface area (Å²) in [4.78, 5) is 7.96. The van der Waals surface area contributed by atoms with Crippen LogP contribution in [0.5, 0.6) is 0 Å². The highest BCUT2D eigenvalue weighted by Gasteiger charge is 2.08. The molecule has 0 aliphatic rings. The number of hydrogen-bond donors (Lipinski definition) is 0. The summed E-state index contributed by atoms with van der Waals surface area (Å²) in [5, 5.41) is 10.1. The molecule has 2 rings (SSSR count). The summed E-state index contributed by atoms with van der Waals surface area (Å²) in [6.45, 7) is 1.87. The molecule has 15 heavy (non-hydrogen) atoms. The predicted molar refractivity (Wildman–Crippen MR) is 59.0 cm³/mol. The van der Waals surface area contributed by atoms with Crippen LogP contribution >= 0.6 is 23.2 Å². The van der Waals surface area contributed by atoms with E-state index in [-0.39, 0.29) is 5.15 Å². The molecule has 0 atom stereocenters. The average molecular weight is 238 g/mol. The van der Waals surface area contributed by atoms with E-state index in [4.69, 9.17) is 28.5 Å². The largest absolute Gasteiger partial charge is 0.234 e. The molecule has 0 aliphatic heterocycles. The van der Waals surface area contributed by atoms with Gasteiger partial charge < -0.3 is 0 Å². The SMILES string of the molecule is Cc1cc(C#N)nc2c(Cl)nc(Cl)cc12. The van der Waals surface area contributed by atoms with E-state index in [9.17, 15) is 0 Å². The maximum absolute atomic E-state index is 8.76. The maximum atomic E-state index is 8.76. The summed E-state index contributed by atoms with van der Waals surface area (Å²) in [7, 11) is 0. The van der Waals surface area contributed by atoms with Gasteiger partial charge in [0.15, 0.2) is 5.15 Å². The van der Waals surface area contributed by atoms with E-state index in [1.807, 2.05) is 13.0 Å². The third-order valence-electron chi connectivity index (χ3n) is 2.04. The number of aromatic nitrogens is 2. The van der Waals surface area contributed by atoms with Gasteiger partial charge in [0.2, 0.25) is 0 Å². The minimum absolute atomic E-state index is 0.220. The van der Waals surface area contributed by atoms with Crippen molar-refractivity contribution >= 4 is 34.1 Å². The topological polar surface area (TPSA) is 49.6 Å². The molecule has 0 bridgehead atoms. The standard InChI is InChI=1S/C10H5Cl2N3/c1-5-2-6(4-13)14-9-7(5)3-8(11)15-10(9)12/h2-3H,1H3. The summed E-state index contributed by atoms with van der Waals surface area (Å²) in [6.07, 6.45) is 0. The minimum Gasteiger partial charge on any atom is -0.234 e.